The predicted molar refractivity (Wildman–Crippen MR) is 157 cm³/mol. The van der Waals surface area contributed by atoms with Crippen molar-refractivity contribution in [1.29, 1.82) is 0 Å². The molecule has 2 aromatic carbocycles. The van der Waals surface area contributed by atoms with Crippen molar-refractivity contribution < 1.29 is 13.7 Å². The third kappa shape index (κ3) is 4.61. The molecule has 4 bridgehead atoms. The zero-order valence-electron chi connectivity index (χ0n) is 22.6. The molecule has 7 heteroatoms. The van der Waals surface area contributed by atoms with E-state index in [1.54, 1.807) is 5.57 Å². The largest absolute Gasteiger partial charge is 0.490 e. The second kappa shape index (κ2) is 9.95. The third-order valence-electron chi connectivity index (χ3n) is 10.3. The Balaban J connectivity index is 1.26. The van der Waals surface area contributed by atoms with Crippen LogP contribution in [-0.4, -0.2) is 35.6 Å². The fraction of sp³-hybridized carbons (Fsp3) is 0.531. The Morgan fingerprint density at radius 2 is 2.00 bits per heavy atom. The van der Waals surface area contributed by atoms with Crippen LogP contribution in [0.2, 0.25) is 5.02 Å². The van der Waals surface area contributed by atoms with Crippen LogP contribution in [0.3, 0.4) is 0 Å². The molecule has 39 heavy (non-hydrogen) atoms. The van der Waals surface area contributed by atoms with Gasteiger partial charge in [0, 0.05) is 34.8 Å². The molecule has 1 saturated carbocycles. The van der Waals surface area contributed by atoms with Crippen molar-refractivity contribution in [1.82, 2.24) is 4.72 Å². The summed E-state index contributed by atoms with van der Waals surface area (Å²) in [5.74, 6) is 3.25. The fourth-order valence-electron chi connectivity index (χ4n) is 7.75. The Morgan fingerprint density at radius 1 is 1.15 bits per heavy atom. The molecule has 2 aromatic rings. The van der Waals surface area contributed by atoms with Gasteiger partial charge in [-0.05, 0) is 104 Å². The van der Waals surface area contributed by atoms with Crippen LogP contribution in [-0.2, 0) is 22.8 Å². The minimum atomic E-state index is -1.40. The number of ether oxygens (including phenoxy) is 1. The van der Waals surface area contributed by atoms with Crippen LogP contribution in [0.1, 0.15) is 66.9 Å². The Bertz CT molecular complexity index is 1380. The SMILES string of the molecule is CCC1CS(=O)NC(=O)c2ccc3c(c2)N(CC2CCC2CC2=CC1C2)CC1(CCc2cc(Cl)ccc21)CO3. The van der Waals surface area contributed by atoms with Gasteiger partial charge in [-0.25, -0.2) is 4.21 Å². The zero-order valence-corrected chi connectivity index (χ0v) is 24.2. The monoisotopic (exact) mass is 564 g/mol. The molecule has 1 fully saturated rings. The van der Waals surface area contributed by atoms with E-state index in [9.17, 15) is 9.00 Å². The van der Waals surface area contributed by atoms with Gasteiger partial charge in [-0.2, -0.15) is 0 Å². The maximum atomic E-state index is 13.3. The summed E-state index contributed by atoms with van der Waals surface area (Å²) in [5.41, 5.74) is 5.67. The minimum Gasteiger partial charge on any atom is -0.490 e. The molecule has 0 radical (unpaired) electrons. The van der Waals surface area contributed by atoms with E-state index in [0.717, 1.165) is 55.2 Å². The van der Waals surface area contributed by atoms with E-state index in [0.29, 0.717) is 41.6 Å². The lowest BCUT2D eigenvalue weighted by molar-refractivity contribution is 0.0982. The van der Waals surface area contributed by atoms with Gasteiger partial charge in [-0.1, -0.05) is 42.7 Å². The molecule has 0 aromatic heterocycles. The van der Waals surface area contributed by atoms with Gasteiger partial charge in [0.05, 0.1) is 12.3 Å². The molecule has 3 heterocycles. The first-order chi connectivity index (χ1) is 18.9. The second-order valence-corrected chi connectivity index (χ2v) is 14.2. The first-order valence-corrected chi connectivity index (χ1v) is 16.3. The quantitative estimate of drug-likeness (QED) is 0.418. The van der Waals surface area contributed by atoms with Gasteiger partial charge in [0.2, 0.25) is 0 Å². The van der Waals surface area contributed by atoms with Crippen molar-refractivity contribution in [2.45, 2.75) is 57.3 Å². The molecule has 1 amide bonds. The summed E-state index contributed by atoms with van der Waals surface area (Å²) in [4.78, 5) is 15.8. The summed E-state index contributed by atoms with van der Waals surface area (Å²) < 4.78 is 22.3. The van der Waals surface area contributed by atoms with Gasteiger partial charge >= 0.3 is 0 Å². The summed E-state index contributed by atoms with van der Waals surface area (Å²) in [6.45, 7) is 4.61. The Kier molecular flexibility index (Phi) is 6.54. The van der Waals surface area contributed by atoms with E-state index in [1.165, 1.54) is 30.4 Å². The highest BCUT2D eigenvalue weighted by Gasteiger charge is 2.45. The molecular weight excluding hydrogens is 528 g/mol. The first-order valence-electron chi connectivity index (χ1n) is 14.6. The summed E-state index contributed by atoms with van der Waals surface area (Å²) in [6, 6.07) is 12.0. The number of allylic oxidation sites excluding steroid dienone is 2. The highest BCUT2D eigenvalue weighted by molar-refractivity contribution is 7.83. The molecule has 5 nitrogen and oxygen atoms in total. The summed E-state index contributed by atoms with van der Waals surface area (Å²) in [7, 11) is -1.40. The topological polar surface area (TPSA) is 58.6 Å². The molecule has 6 atom stereocenters. The summed E-state index contributed by atoms with van der Waals surface area (Å²) >= 11 is 6.36. The van der Waals surface area contributed by atoms with Gasteiger partial charge in [0.25, 0.3) is 5.91 Å². The van der Waals surface area contributed by atoms with Crippen LogP contribution in [0.4, 0.5) is 5.69 Å². The van der Waals surface area contributed by atoms with Crippen LogP contribution in [0.5, 0.6) is 5.75 Å². The number of nitrogens with zero attached hydrogens (tertiary/aromatic N) is 1. The molecular formula is C32H37ClN2O3S. The molecule has 3 aliphatic carbocycles. The normalized spacial score (nSPS) is 33.5. The molecule has 6 unspecified atom stereocenters. The van der Waals surface area contributed by atoms with Crippen LogP contribution in [0.15, 0.2) is 48.0 Å². The van der Waals surface area contributed by atoms with Gasteiger partial charge in [-0.3, -0.25) is 9.52 Å². The maximum Gasteiger partial charge on any atom is 0.263 e. The van der Waals surface area contributed by atoms with Gasteiger partial charge in [-0.15, -0.1) is 0 Å². The molecule has 1 N–H and O–H groups in total. The predicted octanol–water partition coefficient (Wildman–Crippen LogP) is 6.22. The van der Waals surface area contributed by atoms with E-state index in [2.05, 4.69) is 34.8 Å². The number of carbonyl (C=O) groups excluding carboxylic acids is 1. The number of halogens is 1. The third-order valence-corrected chi connectivity index (χ3v) is 11.7. The Hall–Kier alpha value is -2.31. The van der Waals surface area contributed by atoms with Gasteiger partial charge in [0.1, 0.15) is 16.7 Å². The average Bonchev–Trinajstić information content (AvgIpc) is 3.14. The maximum absolute atomic E-state index is 13.3. The molecule has 0 saturated heterocycles. The van der Waals surface area contributed by atoms with Crippen molar-refractivity contribution in [2.75, 3.05) is 30.3 Å². The second-order valence-electron chi connectivity index (χ2n) is 12.5. The number of rotatable bonds is 1. The van der Waals surface area contributed by atoms with E-state index >= 15 is 0 Å². The van der Waals surface area contributed by atoms with Crippen LogP contribution < -0.4 is 14.4 Å². The number of nitrogens with one attached hydrogen (secondary N) is 1. The van der Waals surface area contributed by atoms with E-state index < -0.39 is 11.0 Å². The number of anilines is 1. The number of carbonyl (C=O) groups is 1. The number of aryl methyl sites for hydroxylation is 1. The first kappa shape index (κ1) is 25.6. The lowest BCUT2D eigenvalue weighted by atomic mass is 9.66. The van der Waals surface area contributed by atoms with Crippen molar-refractivity contribution in [3.63, 3.8) is 0 Å². The van der Waals surface area contributed by atoms with Crippen molar-refractivity contribution in [2.24, 2.45) is 23.7 Å². The highest BCUT2D eigenvalue weighted by Crippen LogP contribution is 2.49. The standard InChI is InChI=1S/C32H37ClN2O3S/c1-2-21-17-39(37)34-31(36)24-5-8-30-29(15-24)35(16-25-4-3-22(25)11-20-12-26(21)13-20)18-32(19-38-30)10-9-23-14-27(33)6-7-28(23)32/h5-8,12,14-15,21-22,25-26H,2-4,9-11,13,16-19H2,1H3,(H,34,36). The summed E-state index contributed by atoms with van der Waals surface area (Å²) in [5, 5.41) is 0.789. The van der Waals surface area contributed by atoms with Crippen molar-refractivity contribution in [3.8, 4) is 5.75 Å². The number of amides is 1. The molecule has 206 valence electrons. The molecule has 6 aliphatic rings. The smallest absolute Gasteiger partial charge is 0.263 e. The summed E-state index contributed by atoms with van der Waals surface area (Å²) in [6.07, 6.45) is 10.3. The minimum absolute atomic E-state index is 0.109. The Morgan fingerprint density at radius 3 is 2.79 bits per heavy atom. The average molecular weight is 565 g/mol. The van der Waals surface area contributed by atoms with Crippen LogP contribution >= 0.6 is 11.6 Å². The van der Waals surface area contributed by atoms with Crippen molar-refractivity contribution >= 4 is 34.2 Å². The number of benzene rings is 2. The molecule has 1 spiro atoms. The highest BCUT2D eigenvalue weighted by atomic mass is 35.5. The van der Waals surface area contributed by atoms with Crippen molar-refractivity contribution in [3.05, 3.63) is 69.8 Å². The number of hydrogen-bond donors (Lipinski definition) is 1. The molecule has 8 rings (SSSR count). The van der Waals surface area contributed by atoms with Gasteiger partial charge < -0.3 is 9.64 Å². The lowest BCUT2D eigenvalue weighted by Gasteiger charge is -2.44. The van der Waals surface area contributed by atoms with E-state index in [-0.39, 0.29) is 11.3 Å². The number of hydrogen-bond acceptors (Lipinski definition) is 4. The zero-order chi connectivity index (χ0) is 26.7. The molecule has 3 aliphatic heterocycles. The van der Waals surface area contributed by atoms with Gasteiger partial charge in [0.15, 0.2) is 0 Å². The van der Waals surface area contributed by atoms with Crippen LogP contribution in [0.25, 0.3) is 0 Å². The van der Waals surface area contributed by atoms with E-state index in [4.69, 9.17) is 16.3 Å². The Labute approximate surface area is 238 Å². The van der Waals surface area contributed by atoms with Crippen LogP contribution in [0, 0.1) is 23.7 Å². The van der Waals surface area contributed by atoms with E-state index in [1.807, 2.05) is 24.3 Å². The number of fused-ring (bicyclic) bond motifs is 6. The lowest BCUT2D eigenvalue weighted by Crippen LogP contribution is -2.46. The fourth-order valence-corrected chi connectivity index (χ4v) is 9.22.